The standard InChI is InChI=1S/C10H18N2O3/c1-2-12(7-5-9(13)14)10(15)8-4-3-6-11-8/h8,11H,2-7H2,1H3,(H,13,14)/t8-/m1/s1. The molecule has 0 aromatic carbocycles. The molecular formula is C10H18N2O3. The Balaban J connectivity index is 2.42. The Morgan fingerprint density at radius 1 is 1.53 bits per heavy atom. The Hall–Kier alpha value is -1.10. The largest absolute Gasteiger partial charge is 0.481 e. The van der Waals surface area contributed by atoms with E-state index in [1.54, 1.807) is 4.90 Å². The fraction of sp³-hybridized carbons (Fsp3) is 0.800. The molecule has 1 amide bonds. The number of hydrogen-bond donors (Lipinski definition) is 2. The summed E-state index contributed by atoms with van der Waals surface area (Å²) in [4.78, 5) is 23.9. The highest BCUT2D eigenvalue weighted by Crippen LogP contribution is 2.08. The second-order valence-corrected chi connectivity index (χ2v) is 3.71. The molecule has 0 unspecified atom stereocenters. The number of carbonyl (C=O) groups is 2. The van der Waals surface area contributed by atoms with Crippen molar-refractivity contribution in [3.8, 4) is 0 Å². The van der Waals surface area contributed by atoms with Gasteiger partial charge >= 0.3 is 5.97 Å². The van der Waals surface area contributed by atoms with E-state index >= 15 is 0 Å². The van der Waals surface area contributed by atoms with Gasteiger partial charge < -0.3 is 15.3 Å². The van der Waals surface area contributed by atoms with Gasteiger partial charge in [0.05, 0.1) is 12.5 Å². The normalized spacial score (nSPS) is 20.2. The molecule has 1 atom stereocenters. The van der Waals surface area contributed by atoms with Gasteiger partial charge in [0, 0.05) is 13.1 Å². The molecule has 1 aliphatic rings. The first-order chi connectivity index (χ1) is 7.15. The smallest absolute Gasteiger partial charge is 0.305 e. The number of carboxylic acid groups (broad SMARTS) is 1. The van der Waals surface area contributed by atoms with Gasteiger partial charge in [-0.3, -0.25) is 9.59 Å². The molecule has 2 N–H and O–H groups in total. The molecule has 1 heterocycles. The molecule has 0 radical (unpaired) electrons. The van der Waals surface area contributed by atoms with Crippen molar-refractivity contribution < 1.29 is 14.7 Å². The molecule has 0 saturated carbocycles. The van der Waals surface area contributed by atoms with Crippen LogP contribution in [0.5, 0.6) is 0 Å². The fourth-order valence-electron chi connectivity index (χ4n) is 1.77. The number of amides is 1. The molecule has 1 saturated heterocycles. The third kappa shape index (κ3) is 3.51. The molecule has 1 rings (SSSR count). The topological polar surface area (TPSA) is 69.6 Å². The van der Waals surface area contributed by atoms with Crippen LogP contribution in [0.15, 0.2) is 0 Å². The summed E-state index contributed by atoms with van der Waals surface area (Å²) in [6.45, 7) is 3.63. The number of nitrogens with zero attached hydrogens (tertiary/aromatic N) is 1. The van der Waals surface area contributed by atoms with Crippen molar-refractivity contribution in [2.24, 2.45) is 0 Å². The number of nitrogens with one attached hydrogen (secondary N) is 1. The zero-order valence-electron chi connectivity index (χ0n) is 9.03. The molecule has 0 aliphatic carbocycles. The molecule has 5 heteroatoms. The van der Waals surface area contributed by atoms with Gasteiger partial charge in [0.2, 0.25) is 5.91 Å². The van der Waals surface area contributed by atoms with Gasteiger partial charge in [-0.2, -0.15) is 0 Å². The molecule has 0 spiro atoms. The Kier molecular flexibility index (Phi) is 4.55. The maximum atomic E-state index is 11.9. The second kappa shape index (κ2) is 5.70. The molecule has 1 aliphatic heterocycles. The zero-order chi connectivity index (χ0) is 11.3. The van der Waals surface area contributed by atoms with E-state index < -0.39 is 5.97 Å². The number of carboxylic acids is 1. The van der Waals surface area contributed by atoms with Crippen molar-refractivity contribution in [3.63, 3.8) is 0 Å². The Morgan fingerprint density at radius 3 is 2.73 bits per heavy atom. The van der Waals surface area contributed by atoms with Crippen molar-refractivity contribution in [1.82, 2.24) is 10.2 Å². The second-order valence-electron chi connectivity index (χ2n) is 3.71. The van der Waals surface area contributed by atoms with Crippen LogP contribution in [0.4, 0.5) is 0 Å². The monoisotopic (exact) mass is 214 g/mol. The lowest BCUT2D eigenvalue weighted by atomic mass is 10.2. The Morgan fingerprint density at radius 2 is 2.27 bits per heavy atom. The van der Waals surface area contributed by atoms with Crippen LogP contribution in [0, 0.1) is 0 Å². The number of likely N-dealkylation sites (N-methyl/N-ethyl adjacent to an activating group) is 1. The average molecular weight is 214 g/mol. The zero-order valence-corrected chi connectivity index (χ0v) is 9.03. The van der Waals surface area contributed by atoms with Crippen molar-refractivity contribution in [1.29, 1.82) is 0 Å². The van der Waals surface area contributed by atoms with Crippen LogP contribution in [-0.2, 0) is 9.59 Å². The first-order valence-corrected chi connectivity index (χ1v) is 5.39. The highest BCUT2D eigenvalue weighted by Gasteiger charge is 2.25. The van der Waals surface area contributed by atoms with Gasteiger partial charge in [-0.1, -0.05) is 0 Å². The third-order valence-corrected chi connectivity index (χ3v) is 2.65. The quantitative estimate of drug-likeness (QED) is 0.679. The van der Waals surface area contributed by atoms with Crippen molar-refractivity contribution in [2.45, 2.75) is 32.2 Å². The molecule has 0 aromatic rings. The fourth-order valence-corrected chi connectivity index (χ4v) is 1.77. The highest BCUT2D eigenvalue weighted by molar-refractivity contribution is 5.82. The SMILES string of the molecule is CCN(CCC(=O)O)C(=O)[C@H]1CCCN1. The van der Waals surface area contributed by atoms with Crippen LogP contribution in [0.2, 0.25) is 0 Å². The predicted octanol–water partition coefficient (Wildman–Crippen LogP) is 0.0616. The first kappa shape index (κ1) is 12.0. The Labute approximate surface area is 89.4 Å². The maximum absolute atomic E-state index is 11.9. The molecule has 15 heavy (non-hydrogen) atoms. The maximum Gasteiger partial charge on any atom is 0.305 e. The van der Waals surface area contributed by atoms with Crippen LogP contribution in [0.1, 0.15) is 26.2 Å². The number of hydrogen-bond acceptors (Lipinski definition) is 3. The number of aliphatic carboxylic acids is 1. The predicted molar refractivity (Wildman–Crippen MR) is 55.5 cm³/mol. The first-order valence-electron chi connectivity index (χ1n) is 5.39. The van der Waals surface area contributed by atoms with Gasteiger partial charge in [-0.15, -0.1) is 0 Å². The molecule has 1 fully saturated rings. The minimum atomic E-state index is -0.861. The summed E-state index contributed by atoms with van der Waals surface area (Å²) in [6.07, 6.45) is 1.90. The van der Waals surface area contributed by atoms with E-state index in [9.17, 15) is 9.59 Å². The van der Waals surface area contributed by atoms with E-state index in [1.807, 2.05) is 6.92 Å². The van der Waals surface area contributed by atoms with E-state index in [2.05, 4.69) is 5.32 Å². The molecular weight excluding hydrogens is 196 g/mol. The van der Waals surface area contributed by atoms with Crippen LogP contribution >= 0.6 is 0 Å². The van der Waals surface area contributed by atoms with E-state index in [-0.39, 0.29) is 18.4 Å². The van der Waals surface area contributed by atoms with Gasteiger partial charge in [0.25, 0.3) is 0 Å². The van der Waals surface area contributed by atoms with Gasteiger partial charge in [-0.05, 0) is 26.3 Å². The van der Waals surface area contributed by atoms with E-state index in [0.29, 0.717) is 13.1 Å². The van der Waals surface area contributed by atoms with Crippen LogP contribution in [-0.4, -0.2) is 47.6 Å². The van der Waals surface area contributed by atoms with E-state index in [0.717, 1.165) is 19.4 Å². The van der Waals surface area contributed by atoms with Crippen molar-refractivity contribution >= 4 is 11.9 Å². The summed E-state index contributed by atoms with van der Waals surface area (Å²) in [5, 5.41) is 11.7. The molecule has 86 valence electrons. The highest BCUT2D eigenvalue weighted by atomic mass is 16.4. The third-order valence-electron chi connectivity index (χ3n) is 2.65. The van der Waals surface area contributed by atoms with Gasteiger partial charge in [-0.25, -0.2) is 0 Å². The molecule has 0 aromatic heterocycles. The lowest BCUT2D eigenvalue weighted by Crippen LogP contribution is -2.44. The van der Waals surface area contributed by atoms with Crippen molar-refractivity contribution in [2.75, 3.05) is 19.6 Å². The molecule has 0 bridgehead atoms. The lowest BCUT2D eigenvalue weighted by molar-refractivity contribution is -0.138. The molecule has 5 nitrogen and oxygen atoms in total. The van der Waals surface area contributed by atoms with E-state index in [1.165, 1.54) is 0 Å². The van der Waals surface area contributed by atoms with Crippen molar-refractivity contribution in [3.05, 3.63) is 0 Å². The summed E-state index contributed by atoms with van der Waals surface area (Å²) in [7, 11) is 0. The van der Waals surface area contributed by atoms with Crippen LogP contribution in [0.25, 0.3) is 0 Å². The summed E-state index contributed by atoms with van der Waals surface area (Å²) in [5.74, 6) is -0.822. The van der Waals surface area contributed by atoms with Crippen LogP contribution < -0.4 is 5.32 Å². The summed E-state index contributed by atoms with van der Waals surface area (Å²) >= 11 is 0. The summed E-state index contributed by atoms with van der Waals surface area (Å²) in [5.41, 5.74) is 0. The Bertz CT molecular complexity index is 237. The summed E-state index contributed by atoms with van der Waals surface area (Å²) in [6, 6.07) is -0.0984. The average Bonchev–Trinajstić information content (AvgIpc) is 2.70. The summed E-state index contributed by atoms with van der Waals surface area (Å²) < 4.78 is 0. The lowest BCUT2D eigenvalue weighted by Gasteiger charge is -2.23. The van der Waals surface area contributed by atoms with Gasteiger partial charge in [0.1, 0.15) is 0 Å². The number of carbonyl (C=O) groups excluding carboxylic acids is 1. The van der Waals surface area contributed by atoms with Gasteiger partial charge in [0.15, 0.2) is 0 Å². The minimum absolute atomic E-state index is 0.0201. The minimum Gasteiger partial charge on any atom is -0.481 e. The number of rotatable bonds is 5. The van der Waals surface area contributed by atoms with E-state index in [4.69, 9.17) is 5.11 Å². The van der Waals surface area contributed by atoms with Crippen LogP contribution in [0.3, 0.4) is 0 Å².